The lowest BCUT2D eigenvalue weighted by Gasteiger charge is -2.18. The van der Waals surface area contributed by atoms with Crippen LogP contribution in [0.4, 0.5) is 14.5 Å². The van der Waals surface area contributed by atoms with Crippen LogP contribution in [0.5, 0.6) is 5.75 Å². The number of ether oxygens (including phenoxy) is 1. The molecule has 0 N–H and O–H groups in total. The summed E-state index contributed by atoms with van der Waals surface area (Å²) in [4.78, 5) is 1.02. The first-order valence-electron chi connectivity index (χ1n) is 8.15. The third-order valence-corrected chi connectivity index (χ3v) is 5.28. The Bertz CT molecular complexity index is 956. The van der Waals surface area contributed by atoms with Crippen molar-refractivity contribution in [2.45, 2.75) is 5.92 Å². The third-order valence-electron chi connectivity index (χ3n) is 4.39. The van der Waals surface area contributed by atoms with E-state index in [1.165, 1.54) is 12.1 Å². The van der Waals surface area contributed by atoms with Crippen molar-refractivity contribution in [3.05, 3.63) is 82.1 Å². The second-order valence-electron chi connectivity index (χ2n) is 5.93. The average molecular weight is 370 g/mol. The van der Waals surface area contributed by atoms with Crippen molar-refractivity contribution in [2.75, 3.05) is 18.7 Å². The Morgan fingerprint density at radius 3 is 2.69 bits per heavy atom. The van der Waals surface area contributed by atoms with Gasteiger partial charge in [-0.05, 0) is 29.6 Å². The first-order valence-corrected chi connectivity index (χ1v) is 9.03. The fourth-order valence-corrected chi connectivity index (χ4v) is 3.95. The van der Waals surface area contributed by atoms with Crippen LogP contribution in [-0.4, -0.2) is 19.4 Å². The number of benzene rings is 2. The molecule has 0 radical (unpaired) electrons. The molecule has 0 saturated heterocycles. The molecular weight excluding hydrogens is 354 g/mol. The van der Waals surface area contributed by atoms with E-state index in [0.29, 0.717) is 6.54 Å². The lowest BCUT2D eigenvalue weighted by atomic mass is 9.93. The lowest BCUT2D eigenvalue weighted by molar-refractivity contribution is 0.409. The number of nitrogens with zero attached hydrogens (tertiary/aromatic N) is 2. The van der Waals surface area contributed by atoms with Crippen LogP contribution >= 0.6 is 11.3 Å². The van der Waals surface area contributed by atoms with Gasteiger partial charge in [-0.3, -0.25) is 5.01 Å². The minimum Gasteiger partial charge on any atom is -0.496 e. The van der Waals surface area contributed by atoms with Gasteiger partial charge in [-0.1, -0.05) is 24.3 Å². The standard InChI is InChI=1S/C20H16F2N2OS/c1-25-18-6-3-2-5-14(18)15-12-24(17-9-8-13(21)11-16(17)22)23-20(15)19-7-4-10-26-19/h2-11,15H,12H2,1H3/t15-/m0/s1. The quantitative estimate of drug-likeness (QED) is 0.642. The van der Waals surface area contributed by atoms with Gasteiger partial charge in [0.25, 0.3) is 0 Å². The SMILES string of the molecule is COc1ccccc1[C@@H]1CN(c2ccc(F)cc2F)N=C1c1cccs1. The van der Waals surface area contributed by atoms with E-state index >= 15 is 0 Å². The van der Waals surface area contributed by atoms with Crippen molar-refractivity contribution in [1.29, 1.82) is 0 Å². The smallest absolute Gasteiger partial charge is 0.151 e. The zero-order valence-corrected chi connectivity index (χ0v) is 14.8. The van der Waals surface area contributed by atoms with Crippen LogP contribution in [-0.2, 0) is 0 Å². The molecule has 0 unspecified atom stereocenters. The Balaban J connectivity index is 1.79. The van der Waals surface area contributed by atoms with Crippen molar-refractivity contribution in [1.82, 2.24) is 0 Å². The minimum atomic E-state index is -0.625. The molecule has 0 aliphatic carbocycles. The van der Waals surface area contributed by atoms with Crippen LogP contribution in [0.2, 0.25) is 0 Å². The maximum atomic E-state index is 14.3. The number of halogens is 2. The summed E-state index contributed by atoms with van der Waals surface area (Å²) in [6.07, 6.45) is 0. The summed E-state index contributed by atoms with van der Waals surface area (Å²) < 4.78 is 33.0. The zero-order chi connectivity index (χ0) is 18.1. The van der Waals surface area contributed by atoms with Crippen LogP contribution < -0.4 is 9.75 Å². The molecule has 2 heterocycles. The van der Waals surface area contributed by atoms with Crippen LogP contribution in [0.3, 0.4) is 0 Å². The topological polar surface area (TPSA) is 24.8 Å². The molecule has 2 aromatic carbocycles. The molecule has 3 nitrogen and oxygen atoms in total. The summed E-state index contributed by atoms with van der Waals surface area (Å²) in [5.41, 5.74) is 2.11. The summed E-state index contributed by atoms with van der Waals surface area (Å²) in [5, 5.41) is 8.25. The number of hydrazone groups is 1. The predicted molar refractivity (Wildman–Crippen MR) is 100 cm³/mol. The van der Waals surface area contributed by atoms with Gasteiger partial charge in [0, 0.05) is 11.6 Å². The second kappa shape index (κ2) is 6.88. The Morgan fingerprint density at radius 1 is 1.12 bits per heavy atom. The van der Waals surface area contributed by atoms with E-state index in [1.807, 2.05) is 41.8 Å². The number of thiophene rings is 1. The third kappa shape index (κ3) is 2.97. The van der Waals surface area contributed by atoms with E-state index in [0.717, 1.165) is 28.0 Å². The zero-order valence-electron chi connectivity index (χ0n) is 14.0. The van der Waals surface area contributed by atoms with Crippen molar-refractivity contribution < 1.29 is 13.5 Å². The molecular formula is C20H16F2N2OS. The maximum Gasteiger partial charge on any atom is 0.151 e. The van der Waals surface area contributed by atoms with Crippen LogP contribution in [0.1, 0.15) is 16.4 Å². The van der Waals surface area contributed by atoms with Gasteiger partial charge in [0.15, 0.2) is 5.82 Å². The Morgan fingerprint density at radius 2 is 1.96 bits per heavy atom. The number of hydrogen-bond donors (Lipinski definition) is 0. The molecule has 4 rings (SSSR count). The van der Waals surface area contributed by atoms with E-state index in [1.54, 1.807) is 23.5 Å². The number of anilines is 1. The highest BCUT2D eigenvalue weighted by Crippen LogP contribution is 2.37. The molecule has 3 aromatic rings. The van der Waals surface area contributed by atoms with E-state index in [4.69, 9.17) is 4.74 Å². The van der Waals surface area contributed by atoms with Gasteiger partial charge in [0.1, 0.15) is 11.6 Å². The van der Waals surface area contributed by atoms with E-state index < -0.39 is 11.6 Å². The molecule has 0 bridgehead atoms. The van der Waals surface area contributed by atoms with Crippen molar-refractivity contribution >= 4 is 22.7 Å². The predicted octanol–water partition coefficient (Wildman–Crippen LogP) is 5.04. The monoisotopic (exact) mass is 370 g/mol. The fraction of sp³-hybridized carbons (Fsp3) is 0.150. The van der Waals surface area contributed by atoms with Gasteiger partial charge in [0.05, 0.1) is 35.8 Å². The minimum absolute atomic E-state index is 0.0748. The molecule has 6 heteroatoms. The van der Waals surface area contributed by atoms with Gasteiger partial charge >= 0.3 is 0 Å². The number of methoxy groups -OCH3 is 1. The average Bonchev–Trinajstić information content (AvgIpc) is 3.31. The Kier molecular flexibility index (Phi) is 4.42. The summed E-state index contributed by atoms with van der Waals surface area (Å²) >= 11 is 1.58. The summed E-state index contributed by atoms with van der Waals surface area (Å²) in [6, 6.07) is 15.3. The van der Waals surface area contributed by atoms with Crippen molar-refractivity contribution in [2.24, 2.45) is 5.10 Å². The van der Waals surface area contributed by atoms with Gasteiger partial charge < -0.3 is 4.74 Å². The maximum absolute atomic E-state index is 14.3. The number of para-hydroxylation sites is 1. The van der Waals surface area contributed by atoms with Gasteiger partial charge in [0.2, 0.25) is 0 Å². The molecule has 0 fully saturated rings. The molecule has 1 aromatic heterocycles. The number of hydrogen-bond acceptors (Lipinski definition) is 4. The highest BCUT2D eigenvalue weighted by atomic mass is 32.1. The highest BCUT2D eigenvalue weighted by molar-refractivity contribution is 7.12. The molecule has 1 aliphatic rings. The molecule has 0 amide bonds. The molecule has 0 saturated carbocycles. The summed E-state index contributed by atoms with van der Waals surface area (Å²) in [7, 11) is 1.63. The van der Waals surface area contributed by atoms with Gasteiger partial charge in [-0.15, -0.1) is 11.3 Å². The van der Waals surface area contributed by atoms with Gasteiger partial charge in [-0.25, -0.2) is 8.78 Å². The fourth-order valence-electron chi connectivity index (χ4n) is 3.19. The van der Waals surface area contributed by atoms with Crippen molar-refractivity contribution in [3.8, 4) is 5.75 Å². The highest BCUT2D eigenvalue weighted by Gasteiger charge is 2.33. The Hall–Kier alpha value is -2.73. The lowest BCUT2D eigenvalue weighted by Crippen LogP contribution is -2.19. The van der Waals surface area contributed by atoms with E-state index in [9.17, 15) is 8.78 Å². The van der Waals surface area contributed by atoms with E-state index in [-0.39, 0.29) is 11.6 Å². The number of rotatable bonds is 4. The van der Waals surface area contributed by atoms with E-state index in [2.05, 4.69) is 5.10 Å². The van der Waals surface area contributed by atoms with Crippen LogP contribution in [0.15, 0.2) is 65.1 Å². The largest absolute Gasteiger partial charge is 0.496 e. The molecule has 132 valence electrons. The molecule has 0 spiro atoms. The van der Waals surface area contributed by atoms with Crippen LogP contribution in [0, 0.1) is 11.6 Å². The molecule has 1 aliphatic heterocycles. The summed E-state index contributed by atoms with van der Waals surface area (Å²) in [6.45, 7) is 0.455. The molecule has 26 heavy (non-hydrogen) atoms. The van der Waals surface area contributed by atoms with Crippen LogP contribution in [0.25, 0.3) is 0 Å². The summed E-state index contributed by atoms with van der Waals surface area (Å²) in [5.74, 6) is -0.536. The van der Waals surface area contributed by atoms with Gasteiger partial charge in [-0.2, -0.15) is 5.10 Å². The first-order chi connectivity index (χ1) is 12.7. The second-order valence-corrected chi connectivity index (χ2v) is 6.88. The Labute approximate surface area is 154 Å². The van der Waals surface area contributed by atoms with Crippen molar-refractivity contribution in [3.63, 3.8) is 0 Å². The molecule has 1 atom stereocenters. The first kappa shape index (κ1) is 16.7. The normalized spacial score (nSPS) is 16.7.